The molecule has 6 heteroatoms. The van der Waals surface area contributed by atoms with E-state index in [2.05, 4.69) is 16.4 Å². The topological polar surface area (TPSA) is 78.2 Å². The van der Waals surface area contributed by atoms with Crippen LogP contribution in [0.4, 0.5) is 5.88 Å². The second-order valence-corrected chi connectivity index (χ2v) is 4.00. The third-order valence-corrected chi connectivity index (χ3v) is 2.85. The summed E-state index contributed by atoms with van der Waals surface area (Å²) in [7, 11) is 0. The number of piperazine rings is 1. The number of hydrogen-bond donors (Lipinski definition) is 1. The molecule has 0 aliphatic carbocycles. The van der Waals surface area contributed by atoms with Gasteiger partial charge in [0, 0.05) is 26.2 Å². The summed E-state index contributed by atoms with van der Waals surface area (Å²) in [5.74, 6) is 1.42. The van der Waals surface area contributed by atoms with Crippen molar-refractivity contribution in [1.82, 2.24) is 10.3 Å². The van der Waals surface area contributed by atoms with E-state index in [4.69, 9.17) is 14.1 Å². The summed E-state index contributed by atoms with van der Waals surface area (Å²) in [6.45, 7) is 3.37. The van der Waals surface area contributed by atoms with Gasteiger partial charge in [-0.3, -0.25) is 0 Å². The minimum atomic E-state index is 0.309. The third-order valence-electron chi connectivity index (χ3n) is 2.85. The predicted octanol–water partition coefficient (Wildman–Crippen LogP) is 1.22. The molecule has 1 N–H and O–H groups in total. The number of oxazole rings is 1. The van der Waals surface area contributed by atoms with Crippen molar-refractivity contribution in [3.8, 4) is 17.7 Å². The van der Waals surface area contributed by atoms with Crippen LogP contribution in [-0.4, -0.2) is 31.2 Å². The fourth-order valence-corrected chi connectivity index (χ4v) is 1.97. The molecule has 1 fully saturated rings. The van der Waals surface area contributed by atoms with Gasteiger partial charge in [0.15, 0.2) is 5.76 Å². The Morgan fingerprint density at radius 2 is 2.22 bits per heavy atom. The van der Waals surface area contributed by atoms with Gasteiger partial charge in [-0.15, -0.1) is 0 Å². The summed E-state index contributed by atoms with van der Waals surface area (Å²) in [6.07, 6.45) is 1.55. The average molecular weight is 244 g/mol. The van der Waals surface area contributed by atoms with E-state index in [0.717, 1.165) is 26.2 Å². The first-order chi connectivity index (χ1) is 8.88. The normalized spacial score (nSPS) is 15.6. The molecule has 2 aromatic rings. The Bertz CT molecular complexity index is 561. The van der Waals surface area contributed by atoms with Crippen LogP contribution < -0.4 is 10.2 Å². The zero-order valence-electron chi connectivity index (χ0n) is 9.72. The molecular weight excluding hydrogens is 232 g/mol. The second kappa shape index (κ2) is 4.55. The summed E-state index contributed by atoms with van der Waals surface area (Å²) >= 11 is 0. The summed E-state index contributed by atoms with van der Waals surface area (Å²) in [4.78, 5) is 6.19. The minimum Gasteiger partial charge on any atom is -0.459 e. The lowest BCUT2D eigenvalue weighted by Crippen LogP contribution is -2.43. The predicted molar refractivity (Wildman–Crippen MR) is 64.0 cm³/mol. The molecule has 0 radical (unpaired) electrons. The zero-order valence-corrected chi connectivity index (χ0v) is 9.72. The van der Waals surface area contributed by atoms with E-state index < -0.39 is 0 Å². The Kier molecular flexibility index (Phi) is 2.74. The second-order valence-electron chi connectivity index (χ2n) is 4.00. The van der Waals surface area contributed by atoms with Gasteiger partial charge < -0.3 is 19.1 Å². The first-order valence-corrected chi connectivity index (χ1v) is 5.79. The molecule has 0 bridgehead atoms. The lowest BCUT2D eigenvalue weighted by Gasteiger charge is -2.26. The molecule has 0 aromatic carbocycles. The van der Waals surface area contributed by atoms with Crippen LogP contribution in [0.15, 0.2) is 27.2 Å². The maximum absolute atomic E-state index is 9.11. The summed E-state index contributed by atoms with van der Waals surface area (Å²) in [5.41, 5.74) is 0.309. The van der Waals surface area contributed by atoms with Crippen molar-refractivity contribution in [2.24, 2.45) is 0 Å². The highest BCUT2D eigenvalue weighted by Crippen LogP contribution is 2.28. The molecule has 0 amide bonds. The van der Waals surface area contributed by atoms with Gasteiger partial charge in [0.2, 0.25) is 11.6 Å². The van der Waals surface area contributed by atoms with E-state index in [0.29, 0.717) is 23.2 Å². The van der Waals surface area contributed by atoms with Crippen molar-refractivity contribution in [2.45, 2.75) is 0 Å². The van der Waals surface area contributed by atoms with Crippen molar-refractivity contribution in [2.75, 3.05) is 31.1 Å². The van der Waals surface area contributed by atoms with E-state index in [1.54, 1.807) is 18.4 Å². The van der Waals surface area contributed by atoms with Crippen LogP contribution in [0.3, 0.4) is 0 Å². The zero-order chi connectivity index (χ0) is 12.4. The van der Waals surface area contributed by atoms with Crippen LogP contribution in [0.5, 0.6) is 0 Å². The minimum absolute atomic E-state index is 0.309. The van der Waals surface area contributed by atoms with Crippen molar-refractivity contribution in [3.05, 3.63) is 24.1 Å². The summed E-state index contributed by atoms with van der Waals surface area (Å²) < 4.78 is 10.9. The lowest BCUT2D eigenvalue weighted by atomic mass is 10.3. The number of anilines is 1. The average Bonchev–Trinajstić information content (AvgIpc) is 3.08. The smallest absolute Gasteiger partial charge is 0.266 e. The molecule has 2 aromatic heterocycles. The third kappa shape index (κ3) is 1.85. The van der Waals surface area contributed by atoms with E-state index in [9.17, 15) is 0 Å². The number of aromatic nitrogens is 1. The molecule has 0 spiro atoms. The van der Waals surface area contributed by atoms with Crippen molar-refractivity contribution in [1.29, 1.82) is 5.26 Å². The van der Waals surface area contributed by atoms with Crippen LogP contribution in [0.25, 0.3) is 11.7 Å². The van der Waals surface area contributed by atoms with Crippen LogP contribution in [0.1, 0.15) is 5.69 Å². The Labute approximate surface area is 104 Å². The fourth-order valence-electron chi connectivity index (χ4n) is 1.97. The molecule has 18 heavy (non-hydrogen) atoms. The standard InChI is InChI=1S/C12H12N4O2/c13-8-9-12(16-5-3-14-4-6-16)18-11(15-9)10-2-1-7-17-10/h1-2,7,14H,3-6H2. The molecule has 3 rings (SSSR count). The summed E-state index contributed by atoms with van der Waals surface area (Å²) in [5, 5.41) is 12.4. The fraction of sp³-hybridized carbons (Fsp3) is 0.333. The highest BCUT2D eigenvalue weighted by molar-refractivity contribution is 5.55. The monoisotopic (exact) mass is 244 g/mol. The van der Waals surface area contributed by atoms with Gasteiger partial charge >= 0.3 is 0 Å². The van der Waals surface area contributed by atoms with E-state index in [-0.39, 0.29) is 0 Å². The molecule has 1 saturated heterocycles. The lowest BCUT2D eigenvalue weighted by molar-refractivity contribution is 0.491. The van der Waals surface area contributed by atoms with Crippen LogP contribution >= 0.6 is 0 Å². The molecule has 1 aliphatic rings. The van der Waals surface area contributed by atoms with Crippen LogP contribution in [0.2, 0.25) is 0 Å². The maximum atomic E-state index is 9.11. The number of hydrogen-bond acceptors (Lipinski definition) is 6. The van der Waals surface area contributed by atoms with Gasteiger partial charge in [0.05, 0.1) is 6.26 Å². The molecule has 0 saturated carbocycles. The maximum Gasteiger partial charge on any atom is 0.266 e. The van der Waals surface area contributed by atoms with E-state index in [1.165, 1.54) is 0 Å². The van der Waals surface area contributed by atoms with Crippen molar-refractivity contribution < 1.29 is 8.83 Å². The van der Waals surface area contributed by atoms with Gasteiger partial charge in [-0.2, -0.15) is 10.2 Å². The Balaban J connectivity index is 1.96. The first-order valence-electron chi connectivity index (χ1n) is 5.79. The Hall–Kier alpha value is -2.26. The first kappa shape index (κ1) is 10.9. The van der Waals surface area contributed by atoms with Gasteiger partial charge in [-0.05, 0) is 12.1 Å². The number of rotatable bonds is 2. The van der Waals surface area contributed by atoms with Crippen LogP contribution in [-0.2, 0) is 0 Å². The van der Waals surface area contributed by atoms with Crippen molar-refractivity contribution in [3.63, 3.8) is 0 Å². The van der Waals surface area contributed by atoms with E-state index in [1.807, 2.05) is 4.90 Å². The van der Waals surface area contributed by atoms with E-state index >= 15 is 0 Å². The Morgan fingerprint density at radius 1 is 1.39 bits per heavy atom. The summed E-state index contributed by atoms with van der Waals surface area (Å²) in [6, 6.07) is 5.59. The number of nitriles is 1. The number of nitrogens with one attached hydrogen (secondary N) is 1. The SMILES string of the molecule is N#Cc1nc(-c2ccco2)oc1N1CCNCC1. The van der Waals surface area contributed by atoms with Gasteiger partial charge in [0.25, 0.3) is 5.89 Å². The molecule has 0 atom stereocenters. The largest absolute Gasteiger partial charge is 0.459 e. The molecule has 3 heterocycles. The molecule has 92 valence electrons. The highest BCUT2D eigenvalue weighted by Gasteiger charge is 2.22. The quantitative estimate of drug-likeness (QED) is 0.855. The van der Waals surface area contributed by atoms with Gasteiger partial charge in [-0.1, -0.05) is 0 Å². The highest BCUT2D eigenvalue weighted by atomic mass is 16.4. The molecular formula is C12H12N4O2. The van der Waals surface area contributed by atoms with Crippen molar-refractivity contribution >= 4 is 5.88 Å². The number of furan rings is 1. The van der Waals surface area contributed by atoms with Crippen LogP contribution in [0, 0.1) is 11.3 Å². The Morgan fingerprint density at radius 3 is 2.89 bits per heavy atom. The molecule has 6 nitrogen and oxygen atoms in total. The number of nitrogens with zero attached hydrogens (tertiary/aromatic N) is 3. The van der Waals surface area contributed by atoms with Gasteiger partial charge in [0.1, 0.15) is 6.07 Å². The molecule has 1 aliphatic heterocycles. The molecule has 0 unspecified atom stereocenters. The van der Waals surface area contributed by atoms with Gasteiger partial charge in [-0.25, -0.2) is 0 Å².